The molecule has 104 valence electrons. The summed E-state index contributed by atoms with van der Waals surface area (Å²) in [4.78, 5) is -0.216. The summed E-state index contributed by atoms with van der Waals surface area (Å²) in [5.41, 5.74) is 0.0272. The number of aromatic nitrogens is 2. The van der Waals surface area contributed by atoms with Crippen LogP contribution in [0.5, 0.6) is 0 Å². The Balaban J connectivity index is 2.94. The van der Waals surface area contributed by atoms with E-state index in [2.05, 4.69) is 9.84 Å². The third kappa shape index (κ3) is 4.18. The van der Waals surface area contributed by atoms with Gasteiger partial charge in [-0.3, -0.25) is 4.68 Å². The molecule has 0 radical (unpaired) electrons. The zero-order valence-corrected chi connectivity index (χ0v) is 11.4. The lowest BCUT2D eigenvalue weighted by molar-refractivity contribution is 0.00801. The van der Waals surface area contributed by atoms with Crippen LogP contribution in [0, 0.1) is 0 Å². The van der Waals surface area contributed by atoms with Gasteiger partial charge in [0.1, 0.15) is 17.2 Å². The quantitative estimate of drug-likeness (QED) is 0.756. The molecule has 5 nitrogen and oxygen atoms in total. The largest absolute Gasteiger partial charge is 0.369 e. The number of hydrogen-bond donors (Lipinski definition) is 0. The van der Waals surface area contributed by atoms with Crippen molar-refractivity contribution in [3.8, 4) is 0 Å². The molecule has 0 aliphatic heterocycles. The topological polar surface area (TPSA) is 61.2 Å². The van der Waals surface area contributed by atoms with Gasteiger partial charge in [-0.05, 0) is 13.8 Å². The van der Waals surface area contributed by atoms with Gasteiger partial charge in [0.15, 0.2) is 0 Å². The molecule has 9 heteroatoms. The van der Waals surface area contributed by atoms with Crippen molar-refractivity contribution in [3.63, 3.8) is 0 Å². The summed E-state index contributed by atoms with van der Waals surface area (Å²) in [6, 6.07) is -0.0778. The van der Waals surface area contributed by atoms with Crippen LogP contribution in [0.15, 0.2) is 11.1 Å². The second kappa shape index (κ2) is 5.94. The van der Waals surface area contributed by atoms with Crippen molar-refractivity contribution in [3.05, 3.63) is 11.9 Å². The van der Waals surface area contributed by atoms with Gasteiger partial charge in [0.05, 0.1) is 6.61 Å². The van der Waals surface area contributed by atoms with Gasteiger partial charge in [-0.25, -0.2) is 17.2 Å². The summed E-state index contributed by atoms with van der Waals surface area (Å²) < 4.78 is 52.5. The van der Waals surface area contributed by atoms with Crippen molar-refractivity contribution in [1.82, 2.24) is 9.78 Å². The van der Waals surface area contributed by atoms with Crippen molar-refractivity contribution < 1.29 is 21.9 Å². The minimum absolute atomic E-state index is 0.0272. The van der Waals surface area contributed by atoms with E-state index in [1.165, 1.54) is 10.9 Å². The van der Waals surface area contributed by atoms with Crippen LogP contribution < -0.4 is 0 Å². The minimum atomic E-state index is -3.98. The highest BCUT2D eigenvalue weighted by molar-refractivity contribution is 8.13. The molecule has 0 unspecified atom stereocenters. The molecular formula is C9H13ClF2N2O3S. The highest BCUT2D eigenvalue weighted by Crippen LogP contribution is 2.21. The normalized spacial score (nSPS) is 12.6. The first-order valence-electron chi connectivity index (χ1n) is 5.10. The van der Waals surface area contributed by atoms with Crippen LogP contribution in [0.2, 0.25) is 0 Å². The van der Waals surface area contributed by atoms with E-state index >= 15 is 0 Å². The first kappa shape index (κ1) is 15.3. The first-order chi connectivity index (χ1) is 8.21. The lowest BCUT2D eigenvalue weighted by Gasteiger charge is -2.04. The zero-order chi connectivity index (χ0) is 13.9. The van der Waals surface area contributed by atoms with Gasteiger partial charge in [0.2, 0.25) is 0 Å². The van der Waals surface area contributed by atoms with Crippen LogP contribution in [-0.4, -0.2) is 31.2 Å². The summed E-state index contributed by atoms with van der Waals surface area (Å²) in [5.74, 6) is 0. The molecule has 0 bridgehead atoms. The Bertz CT molecular complexity index is 502. The van der Waals surface area contributed by atoms with E-state index in [4.69, 9.17) is 10.7 Å². The number of halogens is 3. The molecule has 0 N–H and O–H groups in total. The SMILES string of the molecule is CC(C)n1cc(S(=O)(=O)Cl)c(COCC(F)F)n1. The van der Waals surface area contributed by atoms with Crippen LogP contribution in [0.25, 0.3) is 0 Å². The van der Waals surface area contributed by atoms with E-state index in [1.807, 2.05) is 0 Å². The molecule has 1 aromatic rings. The summed E-state index contributed by atoms with van der Waals surface area (Å²) in [6.45, 7) is 2.48. The van der Waals surface area contributed by atoms with Gasteiger partial charge in [0.25, 0.3) is 15.5 Å². The Labute approximate surface area is 108 Å². The molecular weight excluding hydrogens is 290 g/mol. The van der Waals surface area contributed by atoms with Crippen LogP contribution in [0.3, 0.4) is 0 Å². The summed E-state index contributed by atoms with van der Waals surface area (Å²) in [7, 11) is 1.26. The molecule has 1 aromatic heterocycles. The maximum Gasteiger partial charge on any atom is 0.264 e. The Kier molecular flexibility index (Phi) is 5.06. The molecule has 0 aromatic carbocycles. The van der Waals surface area contributed by atoms with Crippen molar-refractivity contribution in [1.29, 1.82) is 0 Å². The molecule has 18 heavy (non-hydrogen) atoms. The van der Waals surface area contributed by atoms with E-state index < -0.39 is 22.1 Å². The second-order valence-corrected chi connectivity index (χ2v) is 6.39. The Hall–Kier alpha value is -0.730. The molecule has 0 fully saturated rings. The van der Waals surface area contributed by atoms with E-state index in [1.54, 1.807) is 13.8 Å². The van der Waals surface area contributed by atoms with Gasteiger partial charge in [-0.2, -0.15) is 5.10 Å². The van der Waals surface area contributed by atoms with Crippen LogP contribution >= 0.6 is 10.7 Å². The molecule has 0 spiro atoms. The number of alkyl halides is 2. The van der Waals surface area contributed by atoms with E-state index in [-0.39, 0.29) is 23.2 Å². The highest BCUT2D eigenvalue weighted by Gasteiger charge is 2.21. The van der Waals surface area contributed by atoms with Gasteiger partial charge < -0.3 is 4.74 Å². The molecule has 1 heterocycles. The van der Waals surface area contributed by atoms with Gasteiger partial charge in [-0.15, -0.1) is 0 Å². The average Bonchev–Trinajstić information content (AvgIpc) is 2.60. The van der Waals surface area contributed by atoms with Gasteiger partial charge in [-0.1, -0.05) is 0 Å². The molecule has 0 aliphatic rings. The average molecular weight is 303 g/mol. The Morgan fingerprint density at radius 1 is 1.50 bits per heavy atom. The van der Waals surface area contributed by atoms with Gasteiger partial charge >= 0.3 is 0 Å². The van der Waals surface area contributed by atoms with Crippen LogP contribution in [0.1, 0.15) is 25.6 Å². The Morgan fingerprint density at radius 3 is 2.56 bits per heavy atom. The third-order valence-corrected chi connectivity index (χ3v) is 3.41. The lowest BCUT2D eigenvalue weighted by atomic mass is 10.4. The molecule has 0 amide bonds. The summed E-state index contributed by atoms with van der Waals surface area (Å²) in [6.07, 6.45) is -1.36. The fraction of sp³-hybridized carbons (Fsp3) is 0.667. The summed E-state index contributed by atoms with van der Waals surface area (Å²) in [5, 5.41) is 3.96. The zero-order valence-electron chi connectivity index (χ0n) is 9.81. The standard InChI is InChI=1S/C9H13ClF2N2O3S/c1-6(2)14-3-8(18(10,15)16)7(13-14)4-17-5-9(11)12/h3,6,9H,4-5H2,1-2H3. The fourth-order valence-electron chi connectivity index (χ4n) is 1.23. The number of nitrogens with zero attached hydrogens (tertiary/aromatic N) is 2. The maximum atomic E-state index is 11.9. The first-order valence-corrected chi connectivity index (χ1v) is 7.41. The lowest BCUT2D eigenvalue weighted by Crippen LogP contribution is -2.07. The van der Waals surface area contributed by atoms with Gasteiger partial charge in [0, 0.05) is 22.9 Å². The number of ether oxygens (including phenoxy) is 1. The van der Waals surface area contributed by atoms with Crippen LogP contribution in [0.4, 0.5) is 8.78 Å². The van der Waals surface area contributed by atoms with E-state index in [0.29, 0.717) is 0 Å². The minimum Gasteiger partial charge on any atom is -0.369 e. The molecule has 1 rings (SSSR count). The van der Waals surface area contributed by atoms with Crippen molar-refractivity contribution >= 4 is 19.7 Å². The predicted octanol–water partition coefficient (Wildman–Crippen LogP) is 2.17. The third-order valence-electron chi connectivity index (χ3n) is 2.04. The summed E-state index contributed by atoms with van der Waals surface area (Å²) >= 11 is 0. The molecule has 0 atom stereocenters. The second-order valence-electron chi connectivity index (χ2n) is 3.86. The highest BCUT2D eigenvalue weighted by atomic mass is 35.7. The molecule has 0 saturated carbocycles. The van der Waals surface area contributed by atoms with Crippen molar-refractivity contribution in [2.75, 3.05) is 6.61 Å². The number of rotatable bonds is 6. The fourth-order valence-corrected chi connectivity index (χ4v) is 2.23. The van der Waals surface area contributed by atoms with Crippen molar-refractivity contribution in [2.24, 2.45) is 0 Å². The van der Waals surface area contributed by atoms with Crippen LogP contribution in [-0.2, 0) is 20.4 Å². The van der Waals surface area contributed by atoms with E-state index in [9.17, 15) is 17.2 Å². The molecule has 0 aliphatic carbocycles. The van der Waals surface area contributed by atoms with Crippen molar-refractivity contribution in [2.45, 2.75) is 37.8 Å². The number of hydrogen-bond acceptors (Lipinski definition) is 4. The maximum absolute atomic E-state index is 11.9. The predicted molar refractivity (Wildman–Crippen MR) is 61.3 cm³/mol. The van der Waals surface area contributed by atoms with E-state index in [0.717, 1.165) is 0 Å². The Morgan fingerprint density at radius 2 is 2.11 bits per heavy atom. The smallest absolute Gasteiger partial charge is 0.264 e. The molecule has 0 saturated heterocycles. The monoisotopic (exact) mass is 302 g/mol.